The van der Waals surface area contributed by atoms with Crippen LogP contribution in [0, 0.1) is 11.3 Å². The number of fused-ring (bicyclic) bond motifs is 1. The molecule has 2 heteroatoms. The van der Waals surface area contributed by atoms with Crippen LogP contribution in [0.15, 0.2) is 24.3 Å². The fourth-order valence-electron chi connectivity index (χ4n) is 4.80. The molecule has 1 aromatic carbocycles. The van der Waals surface area contributed by atoms with Crippen LogP contribution in [0.5, 0.6) is 0 Å². The molecule has 0 aromatic heterocycles. The molecule has 3 rings (SSSR count). The third-order valence-corrected chi connectivity index (χ3v) is 5.67. The quantitative estimate of drug-likeness (QED) is 0.896. The number of hydrogen-bond acceptors (Lipinski definition) is 2. The summed E-state index contributed by atoms with van der Waals surface area (Å²) in [5, 5.41) is 0. The lowest BCUT2D eigenvalue weighted by Gasteiger charge is -2.46. The molecule has 1 aliphatic carbocycles. The Morgan fingerprint density at radius 2 is 1.95 bits per heavy atom. The highest BCUT2D eigenvalue weighted by Gasteiger charge is 2.51. The lowest BCUT2D eigenvalue weighted by molar-refractivity contribution is 0.0461. The van der Waals surface area contributed by atoms with Gasteiger partial charge in [-0.05, 0) is 41.7 Å². The first-order chi connectivity index (χ1) is 9.47. The Balaban J connectivity index is 1.89. The third-order valence-electron chi connectivity index (χ3n) is 5.67. The van der Waals surface area contributed by atoms with Gasteiger partial charge in [0.25, 0.3) is 0 Å². The minimum atomic E-state index is 0.205. The average Bonchev–Trinajstić information content (AvgIpc) is 2.68. The van der Waals surface area contributed by atoms with Gasteiger partial charge in [0.2, 0.25) is 0 Å². The molecule has 1 aliphatic heterocycles. The Kier molecular flexibility index (Phi) is 3.42. The van der Waals surface area contributed by atoms with Crippen LogP contribution in [0.1, 0.15) is 44.7 Å². The average molecular weight is 272 g/mol. The monoisotopic (exact) mass is 272 g/mol. The molecule has 1 fully saturated rings. The van der Waals surface area contributed by atoms with E-state index < -0.39 is 0 Å². The van der Waals surface area contributed by atoms with Crippen LogP contribution in [-0.4, -0.2) is 23.5 Å². The molecule has 1 aromatic rings. The third kappa shape index (κ3) is 2.19. The van der Waals surface area contributed by atoms with Crippen molar-refractivity contribution >= 4 is 0 Å². The molecule has 2 atom stereocenters. The maximum absolute atomic E-state index is 6.29. The van der Waals surface area contributed by atoms with E-state index in [1.54, 1.807) is 0 Å². The summed E-state index contributed by atoms with van der Waals surface area (Å²) in [6.07, 6.45) is 3.70. The largest absolute Gasteiger partial charge is 0.329 e. The fourth-order valence-corrected chi connectivity index (χ4v) is 4.80. The zero-order chi connectivity index (χ0) is 14.4. The van der Waals surface area contributed by atoms with Crippen molar-refractivity contribution in [3.05, 3.63) is 35.4 Å². The van der Waals surface area contributed by atoms with Crippen molar-refractivity contribution in [3.8, 4) is 0 Å². The van der Waals surface area contributed by atoms with E-state index in [0.717, 1.165) is 19.6 Å². The van der Waals surface area contributed by atoms with E-state index in [4.69, 9.17) is 5.73 Å². The maximum Gasteiger partial charge on any atom is 0.0366 e. The summed E-state index contributed by atoms with van der Waals surface area (Å²) in [5.41, 5.74) is 9.95. The van der Waals surface area contributed by atoms with Gasteiger partial charge < -0.3 is 5.73 Å². The van der Waals surface area contributed by atoms with E-state index in [0.29, 0.717) is 11.3 Å². The van der Waals surface area contributed by atoms with Crippen molar-refractivity contribution in [1.82, 2.24) is 4.90 Å². The van der Waals surface area contributed by atoms with Crippen molar-refractivity contribution < 1.29 is 0 Å². The smallest absolute Gasteiger partial charge is 0.0366 e. The summed E-state index contributed by atoms with van der Waals surface area (Å²) < 4.78 is 0. The van der Waals surface area contributed by atoms with E-state index in [1.807, 2.05) is 0 Å². The molecule has 2 N–H and O–H groups in total. The normalized spacial score (nSPS) is 33.1. The standard InChI is InChI=1S/C18H28N2/c1-14-10-17(2,3)12-18(14,13-19)20-9-8-15-6-4-5-7-16(15)11-20/h4-7,14H,8-13,19H2,1-3H3. The molecule has 0 spiro atoms. The van der Waals surface area contributed by atoms with Gasteiger partial charge in [-0.3, -0.25) is 4.90 Å². The van der Waals surface area contributed by atoms with Crippen molar-refractivity contribution in [1.29, 1.82) is 0 Å². The molecule has 20 heavy (non-hydrogen) atoms. The summed E-state index contributed by atoms with van der Waals surface area (Å²) in [7, 11) is 0. The summed E-state index contributed by atoms with van der Waals surface area (Å²) in [6, 6.07) is 8.90. The van der Waals surface area contributed by atoms with Crippen LogP contribution in [0.4, 0.5) is 0 Å². The molecule has 0 amide bonds. The number of nitrogens with two attached hydrogens (primary N) is 1. The Bertz CT molecular complexity index is 494. The Hall–Kier alpha value is -0.860. The number of hydrogen-bond donors (Lipinski definition) is 1. The Labute approximate surface area is 123 Å². The molecule has 1 saturated carbocycles. The number of nitrogens with zero attached hydrogens (tertiary/aromatic N) is 1. The van der Waals surface area contributed by atoms with Gasteiger partial charge in [0.05, 0.1) is 0 Å². The molecular formula is C18H28N2. The summed E-state index contributed by atoms with van der Waals surface area (Å²) in [5.74, 6) is 0.688. The minimum Gasteiger partial charge on any atom is -0.329 e. The predicted molar refractivity (Wildman–Crippen MR) is 84.5 cm³/mol. The van der Waals surface area contributed by atoms with Gasteiger partial charge in [-0.2, -0.15) is 0 Å². The Morgan fingerprint density at radius 3 is 2.55 bits per heavy atom. The highest BCUT2D eigenvalue weighted by Crippen LogP contribution is 2.50. The highest BCUT2D eigenvalue weighted by atomic mass is 15.2. The van der Waals surface area contributed by atoms with E-state index >= 15 is 0 Å². The second kappa shape index (κ2) is 4.85. The predicted octanol–water partition coefficient (Wildman–Crippen LogP) is 3.20. The van der Waals surface area contributed by atoms with E-state index in [-0.39, 0.29) is 5.54 Å². The van der Waals surface area contributed by atoms with Crippen molar-refractivity contribution in [2.75, 3.05) is 13.1 Å². The highest BCUT2D eigenvalue weighted by molar-refractivity contribution is 5.30. The molecule has 2 unspecified atom stereocenters. The van der Waals surface area contributed by atoms with Gasteiger partial charge in [-0.15, -0.1) is 0 Å². The number of benzene rings is 1. The van der Waals surface area contributed by atoms with Crippen LogP contribution in [0.25, 0.3) is 0 Å². The second-order valence-electron chi connectivity index (χ2n) is 7.69. The van der Waals surface area contributed by atoms with Gasteiger partial charge in [0.15, 0.2) is 0 Å². The lowest BCUT2D eigenvalue weighted by atomic mass is 9.82. The molecule has 0 radical (unpaired) electrons. The minimum absolute atomic E-state index is 0.205. The molecule has 0 saturated heterocycles. The molecule has 110 valence electrons. The summed E-state index contributed by atoms with van der Waals surface area (Å²) >= 11 is 0. The maximum atomic E-state index is 6.29. The van der Waals surface area contributed by atoms with Crippen LogP contribution in [0.3, 0.4) is 0 Å². The second-order valence-corrected chi connectivity index (χ2v) is 7.69. The molecule has 1 heterocycles. The lowest BCUT2D eigenvalue weighted by Crippen LogP contribution is -2.57. The molecule has 2 aliphatic rings. The van der Waals surface area contributed by atoms with Gasteiger partial charge in [0.1, 0.15) is 0 Å². The van der Waals surface area contributed by atoms with Crippen molar-refractivity contribution in [2.45, 2.75) is 52.1 Å². The van der Waals surface area contributed by atoms with Gasteiger partial charge in [0, 0.05) is 25.2 Å². The summed E-state index contributed by atoms with van der Waals surface area (Å²) in [6.45, 7) is 10.2. The summed E-state index contributed by atoms with van der Waals surface area (Å²) in [4.78, 5) is 2.69. The zero-order valence-corrected chi connectivity index (χ0v) is 13.2. The van der Waals surface area contributed by atoms with Crippen molar-refractivity contribution in [2.24, 2.45) is 17.1 Å². The Morgan fingerprint density at radius 1 is 1.25 bits per heavy atom. The number of rotatable bonds is 2. The van der Waals surface area contributed by atoms with Crippen LogP contribution in [-0.2, 0) is 13.0 Å². The fraction of sp³-hybridized carbons (Fsp3) is 0.667. The first-order valence-electron chi connectivity index (χ1n) is 7.99. The van der Waals surface area contributed by atoms with E-state index in [1.165, 1.54) is 30.4 Å². The first-order valence-corrected chi connectivity index (χ1v) is 7.99. The van der Waals surface area contributed by atoms with Gasteiger partial charge in [-0.1, -0.05) is 45.0 Å². The molecule has 0 bridgehead atoms. The first kappa shape index (κ1) is 14.1. The van der Waals surface area contributed by atoms with E-state index in [2.05, 4.69) is 49.9 Å². The van der Waals surface area contributed by atoms with Crippen LogP contribution < -0.4 is 5.73 Å². The van der Waals surface area contributed by atoms with E-state index in [9.17, 15) is 0 Å². The van der Waals surface area contributed by atoms with Crippen molar-refractivity contribution in [3.63, 3.8) is 0 Å². The topological polar surface area (TPSA) is 29.3 Å². The van der Waals surface area contributed by atoms with Crippen LogP contribution in [0.2, 0.25) is 0 Å². The van der Waals surface area contributed by atoms with Crippen LogP contribution >= 0.6 is 0 Å². The van der Waals surface area contributed by atoms with Gasteiger partial charge >= 0.3 is 0 Å². The molecular weight excluding hydrogens is 244 g/mol. The molecule has 2 nitrogen and oxygen atoms in total. The SMILES string of the molecule is CC1CC(C)(C)CC1(CN)N1CCc2ccccc2C1. The zero-order valence-electron chi connectivity index (χ0n) is 13.2. The van der Waals surface area contributed by atoms with Gasteiger partial charge in [-0.25, -0.2) is 0 Å².